The van der Waals surface area contributed by atoms with E-state index in [1.807, 2.05) is 24.3 Å². The molecule has 2 aromatic rings. The van der Waals surface area contributed by atoms with Gasteiger partial charge in [0.25, 0.3) is 5.91 Å². The largest absolute Gasteiger partial charge is 0.465 e. The SMILES string of the molecule is COC(=O)c1ccc2c(c1)CCCC2.O=C(NO)c1ccc2c(c1)CCCC2. The highest BCUT2D eigenvalue weighted by Crippen LogP contribution is 2.23. The van der Waals surface area contributed by atoms with Crippen LogP contribution in [0, 0.1) is 0 Å². The molecule has 5 heteroatoms. The molecule has 0 bridgehead atoms. The van der Waals surface area contributed by atoms with Gasteiger partial charge in [0.15, 0.2) is 0 Å². The van der Waals surface area contributed by atoms with E-state index in [0.717, 1.165) is 25.7 Å². The van der Waals surface area contributed by atoms with Gasteiger partial charge in [-0.05, 0) is 97.9 Å². The van der Waals surface area contributed by atoms with Crippen molar-refractivity contribution in [3.8, 4) is 0 Å². The summed E-state index contributed by atoms with van der Waals surface area (Å²) >= 11 is 0. The number of ether oxygens (including phenoxy) is 1. The molecule has 0 saturated heterocycles. The van der Waals surface area contributed by atoms with Crippen molar-refractivity contribution in [1.82, 2.24) is 5.48 Å². The molecule has 0 atom stereocenters. The maximum Gasteiger partial charge on any atom is 0.337 e. The average Bonchev–Trinajstić information content (AvgIpc) is 2.77. The lowest BCUT2D eigenvalue weighted by Crippen LogP contribution is -2.19. The van der Waals surface area contributed by atoms with Crippen LogP contribution in [0.4, 0.5) is 0 Å². The Morgan fingerprint density at radius 3 is 1.75 bits per heavy atom. The smallest absolute Gasteiger partial charge is 0.337 e. The Morgan fingerprint density at radius 1 is 0.786 bits per heavy atom. The predicted molar refractivity (Wildman–Crippen MR) is 107 cm³/mol. The van der Waals surface area contributed by atoms with Crippen molar-refractivity contribution in [2.75, 3.05) is 7.11 Å². The van der Waals surface area contributed by atoms with Gasteiger partial charge in [-0.1, -0.05) is 12.1 Å². The van der Waals surface area contributed by atoms with Gasteiger partial charge in [-0.15, -0.1) is 0 Å². The summed E-state index contributed by atoms with van der Waals surface area (Å²) < 4.78 is 4.69. The Bertz CT molecular complexity index is 788. The first kappa shape index (κ1) is 20.1. The van der Waals surface area contributed by atoms with Gasteiger partial charge >= 0.3 is 5.97 Å². The summed E-state index contributed by atoms with van der Waals surface area (Å²) in [7, 11) is 1.42. The van der Waals surface area contributed by atoms with Crippen LogP contribution < -0.4 is 5.48 Å². The summed E-state index contributed by atoms with van der Waals surface area (Å²) in [6.07, 6.45) is 9.33. The van der Waals surface area contributed by atoms with E-state index in [0.29, 0.717) is 11.1 Å². The molecule has 4 rings (SSSR count). The molecular weight excluding hydrogens is 354 g/mol. The Hall–Kier alpha value is -2.66. The Balaban J connectivity index is 0.000000161. The fraction of sp³-hybridized carbons (Fsp3) is 0.391. The molecule has 28 heavy (non-hydrogen) atoms. The van der Waals surface area contributed by atoms with E-state index in [-0.39, 0.29) is 5.97 Å². The molecule has 0 spiro atoms. The molecule has 0 heterocycles. The lowest BCUT2D eigenvalue weighted by molar-refractivity contribution is 0.0600. The number of methoxy groups -OCH3 is 1. The van der Waals surface area contributed by atoms with Gasteiger partial charge in [-0.3, -0.25) is 10.0 Å². The third kappa shape index (κ3) is 4.78. The van der Waals surface area contributed by atoms with Crippen molar-refractivity contribution in [2.45, 2.75) is 51.4 Å². The van der Waals surface area contributed by atoms with E-state index in [1.165, 1.54) is 55.0 Å². The highest BCUT2D eigenvalue weighted by atomic mass is 16.5. The fourth-order valence-corrected chi connectivity index (χ4v) is 3.92. The van der Waals surface area contributed by atoms with Crippen LogP contribution in [-0.2, 0) is 30.4 Å². The predicted octanol–water partition coefficient (Wildman–Crippen LogP) is 4.04. The second-order valence-electron chi connectivity index (χ2n) is 7.31. The summed E-state index contributed by atoms with van der Waals surface area (Å²) in [5, 5.41) is 8.49. The van der Waals surface area contributed by atoms with Gasteiger partial charge in [0, 0.05) is 5.56 Å². The molecule has 0 saturated carbocycles. The lowest BCUT2D eigenvalue weighted by Gasteiger charge is -2.15. The normalized spacial score (nSPS) is 14.6. The molecule has 2 aromatic carbocycles. The van der Waals surface area contributed by atoms with Gasteiger partial charge in [-0.25, -0.2) is 10.3 Å². The average molecular weight is 381 g/mol. The van der Waals surface area contributed by atoms with Gasteiger partial charge in [0.1, 0.15) is 0 Å². The van der Waals surface area contributed by atoms with Crippen molar-refractivity contribution in [3.63, 3.8) is 0 Å². The van der Waals surface area contributed by atoms with Crippen LogP contribution in [-0.4, -0.2) is 24.2 Å². The van der Waals surface area contributed by atoms with Crippen molar-refractivity contribution in [1.29, 1.82) is 0 Å². The quantitative estimate of drug-likeness (QED) is 0.468. The van der Waals surface area contributed by atoms with E-state index in [2.05, 4.69) is 10.8 Å². The van der Waals surface area contributed by atoms with E-state index in [9.17, 15) is 9.59 Å². The Kier molecular flexibility index (Phi) is 6.82. The number of carbonyl (C=O) groups is 2. The van der Waals surface area contributed by atoms with Gasteiger partial charge in [0.2, 0.25) is 0 Å². The second-order valence-corrected chi connectivity index (χ2v) is 7.31. The van der Waals surface area contributed by atoms with Crippen LogP contribution in [0.3, 0.4) is 0 Å². The minimum Gasteiger partial charge on any atom is -0.465 e. The molecule has 0 aliphatic heterocycles. The van der Waals surface area contributed by atoms with Crippen LogP contribution in [0.5, 0.6) is 0 Å². The Labute approximate surface area is 165 Å². The number of rotatable bonds is 2. The van der Waals surface area contributed by atoms with Crippen LogP contribution >= 0.6 is 0 Å². The Morgan fingerprint density at radius 2 is 1.25 bits per heavy atom. The lowest BCUT2D eigenvalue weighted by atomic mass is 9.90. The summed E-state index contributed by atoms with van der Waals surface area (Å²) in [6, 6.07) is 11.5. The summed E-state index contributed by atoms with van der Waals surface area (Å²) in [6.45, 7) is 0. The summed E-state index contributed by atoms with van der Waals surface area (Å²) in [5.41, 5.74) is 8.16. The number of carbonyl (C=O) groups excluding carboxylic acids is 2. The molecular formula is C23H27NO4. The summed E-state index contributed by atoms with van der Waals surface area (Å²) in [4.78, 5) is 22.4. The topological polar surface area (TPSA) is 75.6 Å². The van der Waals surface area contributed by atoms with Crippen molar-refractivity contribution < 1.29 is 19.5 Å². The number of benzene rings is 2. The van der Waals surface area contributed by atoms with Crippen LogP contribution in [0.2, 0.25) is 0 Å². The second kappa shape index (κ2) is 9.51. The first-order valence-electron chi connectivity index (χ1n) is 9.88. The molecule has 2 aliphatic rings. The highest BCUT2D eigenvalue weighted by Gasteiger charge is 2.13. The number of hydrogen-bond acceptors (Lipinski definition) is 4. The minimum absolute atomic E-state index is 0.238. The number of hydroxylamine groups is 1. The molecule has 0 fully saturated rings. The number of esters is 1. The van der Waals surface area contributed by atoms with E-state index in [4.69, 9.17) is 5.21 Å². The van der Waals surface area contributed by atoms with Gasteiger partial charge < -0.3 is 4.74 Å². The molecule has 2 N–H and O–H groups in total. The van der Waals surface area contributed by atoms with Gasteiger partial charge in [0.05, 0.1) is 12.7 Å². The van der Waals surface area contributed by atoms with Crippen LogP contribution in [0.15, 0.2) is 36.4 Å². The van der Waals surface area contributed by atoms with Crippen LogP contribution in [0.1, 0.15) is 68.7 Å². The molecule has 148 valence electrons. The van der Waals surface area contributed by atoms with Gasteiger partial charge in [-0.2, -0.15) is 0 Å². The number of aryl methyl sites for hydroxylation is 4. The maximum absolute atomic E-state index is 11.3. The van der Waals surface area contributed by atoms with E-state index >= 15 is 0 Å². The standard InChI is InChI=1S/C12H14O2.C11H13NO2/c1-14-12(13)11-7-6-9-4-2-3-5-10(9)8-11;13-11(12-14)10-6-5-8-3-1-2-4-9(8)7-10/h6-8H,2-5H2,1H3;5-7,14H,1-4H2,(H,12,13). The zero-order valence-corrected chi connectivity index (χ0v) is 16.3. The minimum atomic E-state index is -0.432. The van der Waals surface area contributed by atoms with E-state index < -0.39 is 5.91 Å². The fourth-order valence-electron chi connectivity index (χ4n) is 3.92. The molecule has 0 aromatic heterocycles. The zero-order chi connectivity index (χ0) is 19.9. The number of nitrogens with one attached hydrogen (secondary N) is 1. The first-order valence-corrected chi connectivity index (χ1v) is 9.88. The third-order valence-corrected chi connectivity index (χ3v) is 5.48. The molecule has 0 radical (unpaired) electrons. The molecule has 5 nitrogen and oxygen atoms in total. The first-order chi connectivity index (χ1) is 13.6. The highest BCUT2D eigenvalue weighted by molar-refractivity contribution is 5.93. The van der Waals surface area contributed by atoms with Crippen molar-refractivity contribution >= 4 is 11.9 Å². The molecule has 2 aliphatic carbocycles. The van der Waals surface area contributed by atoms with Crippen molar-refractivity contribution in [2.24, 2.45) is 0 Å². The monoisotopic (exact) mass is 381 g/mol. The third-order valence-electron chi connectivity index (χ3n) is 5.48. The van der Waals surface area contributed by atoms with E-state index in [1.54, 1.807) is 11.5 Å². The number of hydrogen-bond donors (Lipinski definition) is 2. The van der Waals surface area contributed by atoms with Crippen molar-refractivity contribution in [3.05, 3.63) is 69.8 Å². The molecule has 1 amide bonds. The molecule has 0 unspecified atom stereocenters. The number of amides is 1. The zero-order valence-electron chi connectivity index (χ0n) is 16.3. The maximum atomic E-state index is 11.3. The number of fused-ring (bicyclic) bond motifs is 2. The summed E-state index contributed by atoms with van der Waals surface area (Å²) in [5.74, 6) is -0.670. The van der Waals surface area contributed by atoms with Crippen LogP contribution in [0.25, 0.3) is 0 Å².